The average molecular weight is 283 g/mol. The minimum absolute atomic E-state index is 0.0174. The van der Waals surface area contributed by atoms with E-state index in [0.29, 0.717) is 0 Å². The van der Waals surface area contributed by atoms with Crippen molar-refractivity contribution < 1.29 is 9.53 Å². The second-order valence-corrected chi connectivity index (χ2v) is 4.89. The summed E-state index contributed by atoms with van der Waals surface area (Å²) in [6.45, 7) is 4.20. The monoisotopic (exact) mass is 283 g/mol. The van der Waals surface area contributed by atoms with Gasteiger partial charge in [0.25, 0.3) is 5.91 Å². The molecule has 3 heteroatoms. The number of nitrogens with one attached hydrogen (secondary N) is 1. The molecule has 3 nitrogen and oxygen atoms in total. The third-order valence-corrected chi connectivity index (χ3v) is 3.30. The van der Waals surface area contributed by atoms with E-state index >= 15 is 0 Å². The van der Waals surface area contributed by atoms with Crippen LogP contribution in [0.4, 0.5) is 5.69 Å². The zero-order valence-electron chi connectivity index (χ0n) is 12.6. The summed E-state index contributed by atoms with van der Waals surface area (Å²) in [5, 5.41) is 2.85. The van der Waals surface area contributed by atoms with Crippen LogP contribution in [-0.4, -0.2) is 12.5 Å². The second kappa shape index (κ2) is 7.48. The molecule has 0 aliphatic rings. The Kier molecular flexibility index (Phi) is 5.38. The summed E-state index contributed by atoms with van der Waals surface area (Å²) >= 11 is 0. The van der Waals surface area contributed by atoms with Crippen LogP contribution in [0.25, 0.3) is 0 Å². The minimum atomic E-state index is -0.148. The van der Waals surface area contributed by atoms with Gasteiger partial charge in [0.05, 0.1) is 0 Å². The second-order valence-electron chi connectivity index (χ2n) is 4.89. The number of aryl methyl sites for hydroxylation is 2. The Labute approximate surface area is 126 Å². The van der Waals surface area contributed by atoms with E-state index in [1.807, 2.05) is 48.5 Å². The Bertz CT molecular complexity index is 608. The van der Waals surface area contributed by atoms with Gasteiger partial charge in [0.15, 0.2) is 6.61 Å². The molecule has 0 saturated carbocycles. The molecule has 0 aliphatic heterocycles. The first-order valence-corrected chi connectivity index (χ1v) is 7.31. The Morgan fingerprint density at radius 2 is 1.67 bits per heavy atom. The van der Waals surface area contributed by atoms with Crippen LogP contribution in [0.3, 0.4) is 0 Å². The van der Waals surface area contributed by atoms with Crippen LogP contribution in [-0.2, 0) is 17.6 Å². The summed E-state index contributed by atoms with van der Waals surface area (Å²) in [5.74, 6) is 0.581. The van der Waals surface area contributed by atoms with E-state index in [4.69, 9.17) is 4.74 Å². The molecule has 2 rings (SSSR count). The van der Waals surface area contributed by atoms with Gasteiger partial charge in [-0.1, -0.05) is 38.1 Å². The van der Waals surface area contributed by atoms with Crippen molar-refractivity contribution in [3.63, 3.8) is 0 Å². The van der Waals surface area contributed by atoms with E-state index in [1.54, 1.807) is 0 Å². The molecule has 0 aliphatic carbocycles. The van der Waals surface area contributed by atoms with Crippen molar-refractivity contribution in [2.45, 2.75) is 26.7 Å². The number of hydrogen-bond acceptors (Lipinski definition) is 2. The number of benzene rings is 2. The third kappa shape index (κ3) is 4.63. The Morgan fingerprint density at radius 3 is 2.38 bits per heavy atom. The van der Waals surface area contributed by atoms with Crippen LogP contribution < -0.4 is 10.1 Å². The predicted octanol–water partition coefficient (Wildman–Crippen LogP) is 3.83. The minimum Gasteiger partial charge on any atom is -0.484 e. The van der Waals surface area contributed by atoms with Crippen molar-refractivity contribution in [3.8, 4) is 5.75 Å². The zero-order chi connectivity index (χ0) is 15.1. The lowest BCUT2D eigenvalue weighted by atomic mass is 10.1. The maximum absolute atomic E-state index is 11.9. The van der Waals surface area contributed by atoms with Crippen molar-refractivity contribution in [1.82, 2.24) is 0 Å². The molecule has 2 aromatic rings. The molecular weight excluding hydrogens is 262 g/mol. The van der Waals surface area contributed by atoms with Gasteiger partial charge in [-0.05, 0) is 48.2 Å². The number of carbonyl (C=O) groups excluding carboxylic acids is 1. The Morgan fingerprint density at radius 1 is 1.00 bits per heavy atom. The summed E-state index contributed by atoms with van der Waals surface area (Å²) in [4.78, 5) is 11.9. The highest BCUT2D eigenvalue weighted by Crippen LogP contribution is 2.14. The van der Waals surface area contributed by atoms with Crippen molar-refractivity contribution in [1.29, 1.82) is 0 Å². The highest BCUT2D eigenvalue weighted by Gasteiger charge is 2.04. The van der Waals surface area contributed by atoms with Crippen LogP contribution in [0.2, 0.25) is 0 Å². The van der Waals surface area contributed by atoms with E-state index in [0.717, 1.165) is 24.3 Å². The van der Waals surface area contributed by atoms with E-state index in [1.165, 1.54) is 11.1 Å². The molecule has 0 spiro atoms. The maximum Gasteiger partial charge on any atom is 0.262 e. The Hall–Kier alpha value is -2.29. The predicted molar refractivity (Wildman–Crippen MR) is 85.8 cm³/mol. The largest absolute Gasteiger partial charge is 0.484 e. The molecule has 110 valence electrons. The van der Waals surface area contributed by atoms with Crippen LogP contribution in [0.15, 0.2) is 48.5 Å². The van der Waals surface area contributed by atoms with Gasteiger partial charge in [-0.2, -0.15) is 0 Å². The lowest BCUT2D eigenvalue weighted by Gasteiger charge is -2.09. The zero-order valence-corrected chi connectivity index (χ0v) is 12.6. The van der Waals surface area contributed by atoms with Crippen molar-refractivity contribution in [2.24, 2.45) is 0 Å². The van der Waals surface area contributed by atoms with Gasteiger partial charge in [-0.15, -0.1) is 0 Å². The van der Waals surface area contributed by atoms with Gasteiger partial charge >= 0.3 is 0 Å². The number of rotatable bonds is 6. The van der Waals surface area contributed by atoms with Gasteiger partial charge in [-0.3, -0.25) is 4.79 Å². The highest BCUT2D eigenvalue weighted by molar-refractivity contribution is 5.91. The molecular formula is C18H21NO2. The quantitative estimate of drug-likeness (QED) is 0.875. The fraction of sp³-hybridized carbons (Fsp3) is 0.278. The lowest BCUT2D eigenvalue weighted by Crippen LogP contribution is -2.20. The number of anilines is 1. The van der Waals surface area contributed by atoms with Gasteiger partial charge in [0, 0.05) is 5.69 Å². The molecule has 0 atom stereocenters. The summed E-state index contributed by atoms with van der Waals surface area (Å²) in [7, 11) is 0. The molecule has 0 bridgehead atoms. The topological polar surface area (TPSA) is 38.3 Å². The molecule has 1 N–H and O–H groups in total. The van der Waals surface area contributed by atoms with Gasteiger partial charge < -0.3 is 10.1 Å². The standard InChI is InChI=1S/C18H21NO2/c1-3-14-7-5-9-16(11-14)19-18(20)13-21-17-10-6-8-15(4-2)12-17/h5-12H,3-4,13H2,1-2H3,(H,19,20). The normalized spacial score (nSPS) is 10.2. The summed E-state index contributed by atoms with van der Waals surface area (Å²) < 4.78 is 5.53. The molecule has 0 fully saturated rings. The summed E-state index contributed by atoms with van der Waals surface area (Å²) in [6.07, 6.45) is 1.90. The fourth-order valence-corrected chi connectivity index (χ4v) is 2.07. The van der Waals surface area contributed by atoms with E-state index < -0.39 is 0 Å². The van der Waals surface area contributed by atoms with Crippen molar-refractivity contribution in [2.75, 3.05) is 11.9 Å². The number of amides is 1. The summed E-state index contributed by atoms with van der Waals surface area (Å²) in [5.41, 5.74) is 3.21. The first kappa shape index (κ1) is 15.1. The van der Waals surface area contributed by atoms with Gasteiger partial charge in [0.1, 0.15) is 5.75 Å². The first-order valence-electron chi connectivity index (χ1n) is 7.31. The molecule has 0 radical (unpaired) electrons. The van der Waals surface area contributed by atoms with Gasteiger partial charge in [-0.25, -0.2) is 0 Å². The molecule has 1 amide bonds. The van der Waals surface area contributed by atoms with Crippen molar-refractivity contribution >= 4 is 11.6 Å². The van der Waals surface area contributed by atoms with Crippen LogP contribution in [0, 0.1) is 0 Å². The molecule has 0 heterocycles. The van der Waals surface area contributed by atoms with E-state index in [-0.39, 0.29) is 12.5 Å². The first-order chi connectivity index (χ1) is 10.2. The third-order valence-electron chi connectivity index (χ3n) is 3.30. The lowest BCUT2D eigenvalue weighted by molar-refractivity contribution is -0.118. The molecule has 2 aromatic carbocycles. The van der Waals surface area contributed by atoms with Crippen LogP contribution in [0.5, 0.6) is 5.75 Å². The van der Waals surface area contributed by atoms with Gasteiger partial charge in [0.2, 0.25) is 0 Å². The van der Waals surface area contributed by atoms with E-state index in [9.17, 15) is 4.79 Å². The number of carbonyl (C=O) groups is 1. The maximum atomic E-state index is 11.9. The number of hydrogen-bond donors (Lipinski definition) is 1. The SMILES string of the molecule is CCc1cccc(NC(=O)COc2cccc(CC)c2)c1. The molecule has 0 unspecified atom stereocenters. The molecule has 0 saturated heterocycles. The van der Waals surface area contributed by atoms with Crippen LogP contribution >= 0.6 is 0 Å². The smallest absolute Gasteiger partial charge is 0.262 e. The number of ether oxygens (including phenoxy) is 1. The highest BCUT2D eigenvalue weighted by atomic mass is 16.5. The fourth-order valence-electron chi connectivity index (χ4n) is 2.07. The molecule has 0 aromatic heterocycles. The summed E-state index contributed by atoms with van der Waals surface area (Å²) in [6, 6.07) is 15.7. The average Bonchev–Trinajstić information content (AvgIpc) is 2.53. The molecule has 21 heavy (non-hydrogen) atoms. The van der Waals surface area contributed by atoms with Crippen LogP contribution in [0.1, 0.15) is 25.0 Å². The van der Waals surface area contributed by atoms with E-state index in [2.05, 4.69) is 19.2 Å². The Balaban J connectivity index is 1.89. The van der Waals surface area contributed by atoms with Crippen molar-refractivity contribution in [3.05, 3.63) is 59.7 Å².